The predicted octanol–water partition coefficient (Wildman–Crippen LogP) is 2.05. The molecule has 5 nitrogen and oxygen atoms in total. The number of aromatic nitrogens is 1. The predicted molar refractivity (Wildman–Crippen MR) is 73.9 cm³/mol. The highest BCUT2D eigenvalue weighted by molar-refractivity contribution is 14.1. The lowest BCUT2D eigenvalue weighted by molar-refractivity contribution is 0.273. The fourth-order valence-corrected chi connectivity index (χ4v) is 2.10. The molecule has 2 heterocycles. The molecular weight excluding hydrogens is 331 g/mol. The van der Waals surface area contributed by atoms with Gasteiger partial charge in [-0.15, -0.1) is 4.91 Å². The molecule has 1 saturated heterocycles. The van der Waals surface area contributed by atoms with Gasteiger partial charge in [-0.25, -0.2) is 4.98 Å². The van der Waals surface area contributed by atoms with E-state index in [2.05, 4.69) is 49.0 Å². The van der Waals surface area contributed by atoms with Crippen LogP contribution in [0.5, 0.6) is 0 Å². The van der Waals surface area contributed by atoms with Crippen molar-refractivity contribution in [1.29, 1.82) is 0 Å². The number of pyridine rings is 1. The summed E-state index contributed by atoms with van der Waals surface area (Å²) in [5.41, 5.74) is 1.13. The summed E-state index contributed by atoms with van der Waals surface area (Å²) in [7, 11) is 0. The van der Waals surface area contributed by atoms with Gasteiger partial charge in [-0.1, -0.05) is 6.07 Å². The van der Waals surface area contributed by atoms with Crippen LogP contribution in [0.2, 0.25) is 0 Å². The monoisotopic (exact) mass is 344 g/mol. The van der Waals surface area contributed by atoms with E-state index >= 15 is 0 Å². The van der Waals surface area contributed by atoms with Gasteiger partial charge in [0.1, 0.15) is 15.7 Å². The standard InChI is InChI=1S/C11H13IN4O/c12-10-3-2-9(6-14-10)8-16-5-1-4-13-11(16)7-15-17/h2-3,6-7,13H,1,4-5,8H2/b11-7+. The molecule has 1 N–H and O–H groups in total. The smallest absolute Gasteiger partial charge is 0.124 e. The Morgan fingerprint density at radius 1 is 1.59 bits per heavy atom. The fourth-order valence-electron chi connectivity index (χ4n) is 1.78. The van der Waals surface area contributed by atoms with Crippen LogP contribution in [0, 0.1) is 8.61 Å². The number of nitroso groups, excluding NO2 is 1. The molecule has 0 unspecified atom stereocenters. The molecule has 1 aliphatic rings. The zero-order valence-electron chi connectivity index (χ0n) is 9.27. The topological polar surface area (TPSA) is 57.6 Å². The minimum absolute atomic E-state index is 0.748. The van der Waals surface area contributed by atoms with Gasteiger partial charge in [-0.3, -0.25) is 0 Å². The maximum absolute atomic E-state index is 10.3. The van der Waals surface area contributed by atoms with Gasteiger partial charge in [-0.2, -0.15) is 0 Å². The van der Waals surface area contributed by atoms with Gasteiger partial charge in [-0.05, 0) is 45.8 Å². The molecule has 6 heteroatoms. The Bertz CT molecular complexity index is 418. The largest absolute Gasteiger partial charge is 0.370 e. The van der Waals surface area contributed by atoms with Gasteiger partial charge < -0.3 is 10.2 Å². The molecule has 0 saturated carbocycles. The average molecular weight is 344 g/mol. The number of nitrogens with one attached hydrogen (secondary N) is 1. The minimum atomic E-state index is 0.748. The molecule has 0 bridgehead atoms. The van der Waals surface area contributed by atoms with Gasteiger partial charge in [0, 0.05) is 25.8 Å². The summed E-state index contributed by atoms with van der Waals surface area (Å²) in [6.07, 6.45) is 4.26. The van der Waals surface area contributed by atoms with Crippen LogP contribution in [0.4, 0.5) is 0 Å². The molecular formula is C11H13IN4O. The van der Waals surface area contributed by atoms with Gasteiger partial charge >= 0.3 is 0 Å². The summed E-state index contributed by atoms with van der Waals surface area (Å²) in [6, 6.07) is 4.03. The minimum Gasteiger partial charge on any atom is -0.370 e. The highest BCUT2D eigenvalue weighted by Gasteiger charge is 2.14. The van der Waals surface area contributed by atoms with E-state index in [-0.39, 0.29) is 0 Å². The zero-order chi connectivity index (χ0) is 12.1. The lowest BCUT2D eigenvalue weighted by Crippen LogP contribution is -2.38. The van der Waals surface area contributed by atoms with Crippen molar-refractivity contribution in [2.45, 2.75) is 13.0 Å². The molecule has 0 spiro atoms. The second-order valence-electron chi connectivity index (χ2n) is 3.81. The molecule has 0 amide bonds. The third-order valence-corrected chi connectivity index (χ3v) is 3.23. The van der Waals surface area contributed by atoms with E-state index in [9.17, 15) is 4.91 Å². The summed E-state index contributed by atoms with van der Waals surface area (Å²) in [5, 5.41) is 6.01. The van der Waals surface area contributed by atoms with Crippen LogP contribution < -0.4 is 5.32 Å². The van der Waals surface area contributed by atoms with Crippen LogP contribution in [0.3, 0.4) is 0 Å². The van der Waals surface area contributed by atoms with Crippen molar-refractivity contribution in [3.63, 3.8) is 0 Å². The molecule has 0 aliphatic carbocycles. The number of nitrogens with zero attached hydrogens (tertiary/aromatic N) is 3. The molecule has 0 aromatic carbocycles. The van der Waals surface area contributed by atoms with Crippen LogP contribution in [0.15, 0.2) is 35.5 Å². The van der Waals surface area contributed by atoms with E-state index < -0.39 is 0 Å². The Morgan fingerprint density at radius 2 is 2.47 bits per heavy atom. The lowest BCUT2D eigenvalue weighted by atomic mass is 10.2. The average Bonchev–Trinajstić information content (AvgIpc) is 2.35. The Labute approximate surface area is 113 Å². The highest BCUT2D eigenvalue weighted by atomic mass is 127. The summed E-state index contributed by atoms with van der Waals surface area (Å²) >= 11 is 2.18. The van der Waals surface area contributed by atoms with Crippen molar-refractivity contribution in [3.05, 3.63) is 44.5 Å². The van der Waals surface area contributed by atoms with Crippen molar-refractivity contribution in [2.24, 2.45) is 5.18 Å². The molecule has 0 atom stereocenters. The fraction of sp³-hybridized carbons (Fsp3) is 0.364. The van der Waals surface area contributed by atoms with Crippen LogP contribution in [0.25, 0.3) is 0 Å². The van der Waals surface area contributed by atoms with Gasteiger partial charge in [0.15, 0.2) is 0 Å². The third kappa shape index (κ3) is 3.39. The van der Waals surface area contributed by atoms with Crippen LogP contribution in [0.1, 0.15) is 12.0 Å². The molecule has 1 aromatic rings. The van der Waals surface area contributed by atoms with Crippen LogP contribution >= 0.6 is 22.6 Å². The normalized spacial score (nSPS) is 17.9. The Balaban J connectivity index is 2.08. The van der Waals surface area contributed by atoms with E-state index in [1.54, 1.807) is 0 Å². The SMILES string of the molecule is O=N/C=C1\NCCCN1Cc1ccc(I)nc1. The van der Waals surface area contributed by atoms with Gasteiger partial charge in [0.2, 0.25) is 0 Å². The zero-order valence-corrected chi connectivity index (χ0v) is 11.4. The number of halogens is 1. The molecule has 1 fully saturated rings. The van der Waals surface area contributed by atoms with Gasteiger partial charge in [0.05, 0.1) is 0 Å². The van der Waals surface area contributed by atoms with E-state index in [1.807, 2.05) is 12.3 Å². The number of hydrogen-bond donors (Lipinski definition) is 1. The van der Waals surface area contributed by atoms with E-state index in [0.29, 0.717) is 0 Å². The van der Waals surface area contributed by atoms with Crippen molar-refractivity contribution >= 4 is 22.6 Å². The Kier molecular flexibility index (Phi) is 4.29. The second kappa shape index (κ2) is 5.95. The van der Waals surface area contributed by atoms with E-state index in [0.717, 1.165) is 41.1 Å². The second-order valence-corrected chi connectivity index (χ2v) is 4.92. The maximum Gasteiger partial charge on any atom is 0.124 e. The Morgan fingerprint density at radius 3 is 3.18 bits per heavy atom. The first-order valence-electron chi connectivity index (χ1n) is 5.41. The summed E-state index contributed by atoms with van der Waals surface area (Å²) in [5.74, 6) is 0.796. The van der Waals surface area contributed by atoms with E-state index in [1.165, 1.54) is 6.20 Å². The third-order valence-electron chi connectivity index (χ3n) is 2.59. The van der Waals surface area contributed by atoms with E-state index in [4.69, 9.17) is 0 Å². The Hall–Kier alpha value is -1.18. The first kappa shape index (κ1) is 12.3. The first-order valence-corrected chi connectivity index (χ1v) is 6.49. The lowest BCUT2D eigenvalue weighted by Gasteiger charge is -2.31. The number of rotatable bonds is 3. The molecule has 1 aromatic heterocycles. The van der Waals surface area contributed by atoms with Crippen LogP contribution in [-0.4, -0.2) is 23.0 Å². The number of hydrogen-bond acceptors (Lipinski definition) is 5. The van der Waals surface area contributed by atoms with Crippen molar-refractivity contribution < 1.29 is 0 Å². The molecule has 2 rings (SSSR count). The molecule has 90 valence electrons. The summed E-state index contributed by atoms with van der Waals surface area (Å²) in [4.78, 5) is 16.7. The molecule has 1 aliphatic heterocycles. The summed E-state index contributed by atoms with van der Waals surface area (Å²) in [6.45, 7) is 2.57. The molecule has 17 heavy (non-hydrogen) atoms. The summed E-state index contributed by atoms with van der Waals surface area (Å²) < 4.78 is 0.980. The van der Waals surface area contributed by atoms with Crippen molar-refractivity contribution in [3.8, 4) is 0 Å². The van der Waals surface area contributed by atoms with Crippen molar-refractivity contribution in [1.82, 2.24) is 15.2 Å². The highest BCUT2D eigenvalue weighted by Crippen LogP contribution is 2.13. The maximum atomic E-state index is 10.3. The van der Waals surface area contributed by atoms with Gasteiger partial charge in [0.25, 0.3) is 0 Å². The first-order chi connectivity index (χ1) is 8.29. The quantitative estimate of drug-likeness (QED) is 0.518. The van der Waals surface area contributed by atoms with Crippen molar-refractivity contribution in [2.75, 3.05) is 13.1 Å². The van der Waals surface area contributed by atoms with Crippen LogP contribution in [-0.2, 0) is 6.54 Å². The molecule has 0 radical (unpaired) electrons.